The third-order valence-electron chi connectivity index (χ3n) is 5.87. The minimum atomic E-state index is -0.429. The maximum Gasteiger partial charge on any atom is 0.237 e. The first kappa shape index (κ1) is 24.0. The summed E-state index contributed by atoms with van der Waals surface area (Å²) in [5, 5.41) is 9.10. The Morgan fingerprint density at radius 3 is 2.59 bits per heavy atom. The van der Waals surface area contributed by atoms with Crippen molar-refractivity contribution in [3.05, 3.63) is 78.9 Å². The van der Waals surface area contributed by atoms with Gasteiger partial charge in [-0.05, 0) is 37.1 Å². The second kappa shape index (κ2) is 11.8. The molecule has 8 heteroatoms. The van der Waals surface area contributed by atoms with E-state index in [1.807, 2.05) is 39.8 Å². The number of hydrogen-bond donors (Lipinski definition) is 0. The van der Waals surface area contributed by atoms with E-state index in [9.17, 15) is 9.18 Å². The number of thioether (sulfide) groups is 1. The van der Waals surface area contributed by atoms with Gasteiger partial charge in [0.05, 0.1) is 5.75 Å². The van der Waals surface area contributed by atoms with Gasteiger partial charge >= 0.3 is 0 Å². The number of rotatable bonds is 10. The first-order valence-electron chi connectivity index (χ1n) is 11.6. The Hall–Kier alpha value is -3.13. The number of amides is 1. The predicted molar refractivity (Wildman–Crippen MR) is 132 cm³/mol. The molecule has 0 N–H and O–H groups in total. The molecule has 1 aliphatic carbocycles. The van der Waals surface area contributed by atoms with Gasteiger partial charge in [-0.25, -0.2) is 4.39 Å². The van der Waals surface area contributed by atoms with E-state index >= 15 is 0 Å². The summed E-state index contributed by atoms with van der Waals surface area (Å²) in [5.74, 6) is 0.576. The van der Waals surface area contributed by atoms with Gasteiger partial charge < -0.3 is 9.64 Å². The Kier molecular flexibility index (Phi) is 8.36. The number of para-hydroxylation sites is 2. The van der Waals surface area contributed by atoms with E-state index in [1.54, 1.807) is 24.3 Å². The van der Waals surface area contributed by atoms with Crippen molar-refractivity contribution in [3.8, 4) is 5.75 Å². The molecule has 0 aliphatic heterocycles. The van der Waals surface area contributed by atoms with Crippen LogP contribution in [0.15, 0.2) is 72.4 Å². The van der Waals surface area contributed by atoms with Gasteiger partial charge in [0.1, 0.15) is 6.61 Å². The molecule has 1 heterocycles. The molecule has 0 radical (unpaired) electrons. The van der Waals surface area contributed by atoms with Crippen LogP contribution in [-0.4, -0.2) is 32.5 Å². The Morgan fingerprint density at radius 2 is 1.85 bits per heavy atom. The summed E-state index contributed by atoms with van der Waals surface area (Å²) < 4.78 is 21.3. The monoisotopic (exact) mass is 480 g/mol. The Morgan fingerprint density at radius 1 is 1.12 bits per heavy atom. The van der Waals surface area contributed by atoms with E-state index < -0.39 is 5.82 Å². The summed E-state index contributed by atoms with van der Waals surface area (Å²) in [7, 11) is 0. The summed E-state index contributed by atoms with van der Waals surface area (Å²) in [6.45, 7) is 4.34. The largest absolute Gasteiger partial charge is 0.483 e. The SMILES string of the molecule is C=CCn1c(COc2ccccc2F)nnc1SCC(=O)N(c1ccccc1)C1CCCCC1. The minimum Gasteiger partial charge on any atom is -0.483 e. The van der Waals surface area contributed by atoms with Gasteiger partial charge in [0.25, 0.3) is 0 Å². The second-order valence-electron chi connectivity index (χ2n) is 8.20. The first-order valence-corrected chi connectivity index (χ1v) is 12.6. The molecule has 1 aliphatic rings. The van der Waals surface area contributed by atoms with E-state index in [1.165, 1.54) is 24.2 Å². The highest BCUT2D eigenvalue weighted by atomic mass is 32.2. The number of carbonyl (C=O) groups excluding carboxylic acids is 1. The van der Waals surface area contributed by atoms with Crippen LogP contribution in [0.2, 0.25) is 0 Å². The number of carbonyl (C=O) groups is 1. The predicted octanol–water partition coefficient (Wildman–Crippen LogP) is 5.64. The second-order valence-corrected chi connectivity index (χ2v) is 9.14. The van der Waals surface area contributed by atoms with Gasteiger partial charge in [0.2, 0.25) is 5.91 Å². The zero-order valence-corrected chi connectivity index (χ0v) is 19.9. The van der Waals surface area contributed by atoms with Crippen LogP contribution in [0.25, 0.3) is 0 Å². The van der Waals surface area contributed by atoms with E-state index in [-0.39, 0.29) is 30.1 Å². The molecule has 4 rings (SSSR count). The van der Waals surface area contributed by atoms with E-state index in [0.29, 0.717) is 17.5 Å². The smallest absolute Gasteiger partial charge is 0.237 e. The van der Waals surface area contributed by atoms with Crippen molar-refractivity contribution < 1.29 is 13.9 Å². The molecule has 3 aromatic rings. The summed E-state index contributed by atoms with van der Waals surface area (Å²) in [5.41, 5.74) is 0.937. The van der Waals surface area contributed by atoms with Crippen LogP contribution in [0.5, 0.6) is 5.75 Å². The number of benzene rings is 2. The van der Waals surface area contributed by atoms with Crippen molar-refractivity contribution >= 4 is 23.4 Å². The van der Waals surface area contributed by atoms with E-state index in [4.69, 9.17) is 4.74 Å². The Labute approximate surface area is 203 Å². The molecule has 1 amide bonds. The first-order chi connectivity index (χ1) is 16.7. The van der Waals surface area contributed by atoms with Crippen molar-refractivity contribution in [2.45, 2.75) is 56.5 Å². The highest BCUT2D eigenvalue weighted by molar-refractivity contribution is 7.99. The van der Waals surface area contributed by atoms with Gasteiger partial charge in [-0.15, -0.1) is 16.8 Å². The molecule has 1 aromatic heterocycles. The van der Waals surface area contributed by atoms with Gasteiger partial charge in [0.15, 0.2) is 22.5 Å². The normalized spacial score (nSPS) is 14.0. The average Bonchev–Trinajstić information content (AvgIpc) is 3.25. The van der Waals surface area contributed by atoms with E-state index in [2.05, 4.69) is 16.8 Å². The molecule has 1 fully saturated rings. The highest BCUT2D eigenvalue weighted by Crippen LogP contribution is 2.29. The lowest BCUT2D eigenvalue weighted by atomic mass is 9.93. The quantitative estimate of drug-likeness (QED) is 0.278. The van der Waals surface area contributed by atoms with Crippen LogP contribution in [0.4, 0.5) is 10.1 Å². The number of halogens is 1. The van der Waals surface area contributed by atoms with Crippen molar-refractivity contribution in [1.82, 2.24) is 14.8 Å². The van der Waals surface area contributed by atoms with Crippen LogP contribution in [-0.2, 0) is 17.9 Å². The zero-order chi connectivity index (χ0) is 23.8. The highest BCUT2D eigenvalue weighted by Gasteiger charge is 2.27. The molecule has 2 aromatic carbocycles. The van der Waals surface area contributed by atoms with Crippen molar-refractivity contribution in [3.63, 3.8) is 0 Å². The molecule has 0 spiro atoms. The van der Waals surface area contributed by atoms with Crippen LogP contribution < -0.4 is 9.64 Å². The van der Waals surface area contributed by atoms with Gasteiger partial charge in [-0.3, -0.25) is 9.36 Å². The number of anilines is 1. The van der Waals surface area contributed by atoms with Crippen molar-refractivity contribution in [1.29, 1.82) is 0 Å². The Balaban J connectivity index is 1.46. The van der Waals surface area contributed by atoms with Crippen LogP contribution in [0.3, 0.4) is 0 Å². The molecule has 0 bridgehead atoms. The fraction of sp³-hybridized carbons (Fsp3) is 0.346. The van der Waals surface area contributed by atoms with Crippen molar-refractivity contribution in [2.24, 2.45) is 0 Å². The molecule has 34 heavy (non-hydrogen) atoms. The summed E-state index contributed by atoms with van der Waals surface area (Å²) in [4.78, 5) is 15.4. The third-order valence-corrected chi connectivity index (χ3v) is 6.82. The molecule has 0 saturated heterocycles. The van der Waals surface area contributed by atoms with Crippen LogP contribution in [0.1, 0.15) is 37.9 Å². The Bertz CT molecular complexity index is 1100. The number of allylic oxidation sites excluding steroid dienone is 1. The number of nitrogens with zero attached hydrogens (tertiary/aromatic N) is 4. The molecule has 6 nitrogen and oxygen atoms in total. The maximum absolute atomic E-state index is 13.9. The number of aromatic nitrogens is 3. The summed E-state index contributed by atoms with van der Waals surface area (Å²) in [6.07, 6.45) is 7.30. The maximum atomic E-state index is 13.9. The topological polar surface area (TPSA) is 60.2 Å². The molecular weight excluding hydrogens is 451 g/mol. The van der Waals surface area contributed by atoms with Crippen LogP contribution in [0, 0.1) is 5.82 Å². The minimum absolute atomic E-state index is 0.0559. The molecule has 1 saturated carbocycles. The fourth-order valence-electron chi connectivity index (χ4n) is 4.23. The van der Waals surface area contributed by atoms with Crippen LogP contribution >= 0.6 is 11.8 Å². The number of ether oxygens (including phenoxy) is 1. The summed E-state index contributed by atoms with van der Waals surface area (Å²) >= 11 is 1.35. The lowest BCUT2D eigenvalue weighted by Gasteiger charge is -2.34. The fourth-order valence-corrected chi connectivity index (χ4v) is 5.06. The lowest BCUT2D eigenvalue weighted by Crippen LogP contribution is -2.42. The standard InChI is InChI=1S/C26H29FN4O2S/c1-2-17-30-24(18-33-23-16-10-9-15-22(23)27)28-29-26(30)34-19-25(32)31(20-11-5-3-6-12-20)21-13-7-4-8-14-21/h2-3,5-6,9-12,15-16,21H,1,4,7-8,13-14,17-19H2. The van der Waals surface area contributed by atoms with Gasteiger partial charge in [-0.1, -0.05) is 67.4 Å². The lowest BCUT2D eigenvalue weighted by molar-refractivity contribution is -0.116. The summed E-state index contributed by atoms with van der Waals surface area (Å²) in [6, 6.07) is 16.4. The average molecular weight is 481 g/mol. The molecule has 178 valence electrons. The molecular formula is C26H29FN4O2S. The van der Waals surface area contributed by atoms with Gasteiger partial charge in [0, 0.05) is 18.3 Å². The van der Waals surface area contributed by atoms with Gasteiger partial charge in [-0.2, -0.15) is 0 Å². The van der Waals surface area contributed by atoms with E-state index in [0.717, 1.165) is 31.4 Å². The van der Waals surface area contributed by atoms with Crippen molar-refractivity contribution in [2.75, 3.05) is 10.7 Å². The third kappa shape index (κ3) is 5.86. The number of hydrogen-bond acceptors (Lipinski definition) is 5. The molecule has 0 atom stereocenters. The molecule has 0 unspecified atom stereocenters. The zero-order valence-electron chi connectivity index (χ0n) is 19.1.